The van der Waals surface area contributed by atoms with Gasteiger partial charge in [0.05, 0.1) is 17.6 Å². The smallest absolute Gasteiger partial charge is 0.310 e. The summed E-state index contributed by atoms with van der Waals surface area (Å²) in [6.45, 7) is 1.88. The zero-order valence-electron chi connectivity index (χ0n) is 19.7. The Morgan fingerprint density at radius 2 is 2.00 bits per heavy atom. The van der Waals surface area contributed by atoms with Crippen molar-refractivity contribution in [3.8, 4) is 0 Å². The fraction of sp³-hybridized carbons (Fsp3) is 0.593. The van der Waals surface area contributed by atoms with Gasteiger partial charge in [0.25, 0.3) is 0 Å². The quantitative estimate of drug-likeness (QED) is 0.654. The SMILES string of the molecule is Cc1cc(F)cc(C[C@H]2CCCCC/C=C\[C@@H]3C[C@@]3(C(=O)O)CC(=O)[C@@H]3C[C@@H](O)CN3C2=O)c1. The van der Waals surface area contributed by atoms with Crippen LogP contribution < -0.4 is 0 Å². The summed E-state index contributed by atoms with van der Waals surface area (Å²) in [4.78, 5) is 40.5. The highest BCUT2D eigenvalue weighted by Gasteiger charge is 2.61. The van der Waals surface area contributed by atoms with Crippen LogP contribution in [0.15, 0.2) is 30.4 Å². The molecule has 0 radical (unpaired) electrons. The number of carbonyl (C=O) groups excluding carboxylic acids is 2. The monoisotopic (exact) mass is 471 g/mol. The number of carbonyl (C=O) groups is 3. The van der Waals surface area contributed by atoms with Gasteiger partial charge in [-0.15, -0.1) is 0 Å². The molecule has 34 heavy (non-hydrogen) atoms. The van der Waals surface area contributed by atoms with Crippen LogP contribution in [-0.4, -0.2) is 51.5 Å². The number of carboxylic acid groups (broad SMARTS) is 1. The lowest BCUT2D eigenvalue weighted by Crippen LogP contribution is -2.45. The van der Waals surface area contributed by atoms with Crippen molar-refractivity contribution in [1.82, 2.24) is 4.90 Å². The molecule has 0 spiro atoms. The van der Waals surface area contributed by atoms with E-state index >= 15 is 0 Å². The molecule has 1 aromatic rings. The van der Waals surface area contributed by atoms with Crippen molar-refractivity contribution in [2.24, 2.45) is 17.3 Å². The molecule has 0 unspecified atom stereocenters. The number of allylic oxidation sites excluding steroid dienone is 2. The molecule has 2 N–H and O–H groups in total. The van der Waals surface area contributed by atoms with E-state index in [4.69, 9.17) is 0 Å². The minimum atomic E-state index is -1.10. The van der Waals surface area contributed by atoms with Crippen LogP contribution in [0, 0.1) is 30.0 Å². The summed E-state index contributed by atoms with van der Waals surface area (Å²) in [5.41, 5.74) is 0.424. The third-order valence-electron chi connectivity index (χ3n) is 7.71. The molecule has 1 saturated carbocycles. The number of hydrogen-bond donors (Lipinski definition) is 2. The van der Waals surface area contributed by atoms with Crippen LogP contribution in [-0.2, 0) is 20.8 Å². The highest BCUT2D eigenvalue weighted by Crippen LogP contribution is 2.57. The fourth-order valence-corrected chi connectivity index (χ4v) is 5.75. The van der Waals surface area contributed by atoms with Gasteiger partial charge in [-0.2, -0.15) is 0 Å². The molecule has 1 aromatic carbocycles. The molecule has 7 heteroatoms. The van der Waals surface area contributed by atoms with Crippen LogP contribution in [0.25, 0.3) is 0 Å². The molecule has 184 valence electrons. The van der Waals surface area contributed by atoms with Crippen molar-refractivity contribution in [2.45, 2.75) is 76.9 Å². The van der Waals surface area contributed by atoms with Crippen molar-refractivity contribution in [2.75, 3.05) is 6.54 Å². The first-order chi connectivity index (χ1) is 16.2. The molecule has 1 aliphatic carbocycles. The normalized spacial score (nSPS) is 33.4. The molecular weight excluding hydrogens is 437 g/mol. The summed E-state index contributed by atoms with van der Waals surface area (Å²) in [6.07, 6.45) is 8.08. The van der Waals surface area contributed by atoms with Crippen LogP contribution in [0.4, 0.5) is 4.39 Å². The second-order valence-corrected chi connectivity index (χ2v) is 10.4. The topological polar surface area (TPSA) is 94.9 Å². The number of amides is 1. The zero-order valence-corrected chi connectivity index (χ0v) is 19.7. The van der Waals surface area contributed by atoms with E-state index < -0.39 is 29.4 Å². The van der Waals surface area contributed by atoms with Gasteiger partial charge in [0.2, 0.25) is 5.91 Å². The van der Waals surface area contributed by atoms with Gasteiger partial charge in [-0.1, -0.05) is 31.1 Å². The van der Waals surface area contributed by atoms with Gasteiger partial charge in [0.1, 0.15) is 5.82 Å². The highest BCUT2D eigenvalue weighted by molar-refractivity contribution is 5.95. The van der Waals surface area contributed by atoms with E-state index in [0.29, 0.717) is 19.3 Å². The third kappa shape index (κ3) is 5.24. The van der Waals surface area contributed by atoms with Crippen LogP contribution in [0.5, 0.6) is 0 Å². The molecule has 0 bridgehead atoms. The number of hydrogen-bond acceptors (Lipinski definition) is 4. The number of aliphatic hydroxyl groups is 1. The van der Waals surface area contributed by atoms with Crippen LogP contribution in [0.1, 0.15) is 62.5 Å². The predicted molar refractivity (Wildman–Crippen MR) is 124 cm³/mol. The molecule has 4 rings (SSSR count). The van der Waals surface area contributed by atoms with Gasteiger partial charge in [0, 0.05) is 25.3 Å². The lowest BCUT2D eigenvalue weighted by molar-refractivity contribution is -0.147. The van der Waals surface area contributed by atoms with Crippen molar-refractivity contribution in [3.05, 3.63) is 47.3 Å². The first-order valence-electron chi connectivity index (χ1n) is 12.4. The number of Topliss-reactive ketones (excluding diaryl/α,β-unsaturated/α-hetero) is 1. The number of fused-ring (bicyclic) bond motifs is 2. The number of carboxylic acids is 1. The average molecular weight is 472 g/mol. The average Bonchev–Trinajstić information content (AvgIpc) is 3.31. The van der Waals surface area contributed by atoms with Gasteiger partial charge in [-0.05, 0) is 68.2 Å². The lowest BCUT2D eigenvalue weighted by atomic mass is 9.90. The van der Waals surface area contributed by atoms with Crippen molar-refractivity contribution < 1.29 is 29.0 Å². The summed E-state index contributed by atoms with van der Waals surface area (Å²) in [6, 6.07) is 3.96. The van der Waals surface area contributed by atoms with Gasteiger partial charge >= 0.3 is 5.97 Å². The molecule has 3 aliphatic rings. The van der Waals surface area contributed by atoms with Gasteiger partial charge in [0.15, 0.2) is 5.78 Å². The van der Waals surface area contributed by atoms with Gasteiger partial charge in [-0.25, -0.2) is 4.39 Å². The number of halogens is 1. The van der Waals surface area contributed by atoms with Crippen molar-refractivity contribution in [1.29, 1.82) is 0 Å². The summed E-state index contributed by atoms with van der Waals surface area (Å²) >= 11 is 0. The molecule has 2 fully saturated rings. The Morgan fingerprint density at radius 1 is 1.21 bits per heavy atom. The minimum Gasteiger partial charge on any atom is -0.481 e. The molecular formula is C27H34FNO5. The summed E-state index contributed by atoms with van der Waals surface area (Å²) in [5, 5.41) is 20.2. The minimum absolute atomic E-state index is 0.0668. The first-order valence-corrected chi connectivity index (χ1v) is 12.4. The zero-order chi connectivity index (χ0) is 24.5. The van der Waals surface area contributed by atoms with Crippen LogP contribution in [0.2, 0.25) is 0 Å². The lowest BCUT2D eigenvalue weighted by Gasteiger charge is -2.29. The van der Waals surface area contributed by atoms with Crippen LogP contribution >= 0.6 is 0 Å². The van der Waals surface area contributed by atoms with E-state index in [2.05, 4.69) is 0 Å². The van der Waals surface area contributed by atoms with Crippen molar-refractivity contribution >= 4 is 17.7 Å². The Labute approximate surface area is 199 Å². The van der Waals surface area contributed by atoms with E-state index in [1.165, 1.54) is 17.0 Å². The number of aryl methyl sites for hydroxylation is 1. The fourth-order valence-electron chi connectivity index (χ4n) is 5.75. The highest BCUT2D eigenvalue weighted by atomic mass is 19.1. The molecule has 5 atom stereocenters. The van der Waals surface area contributed by atoms with E-state index in [1.807, 2.05) is 25.1 Å². The van der Waals surface area contributed by atoms with Gasteiger partial charge < -0.3 is 15.1 Å². The first kappa shape index (κ1) is 24.6. The molecule has 1 amide bonds. The molecule has 0 aromatic heterocycles. The Balaban J connectivity index is 1.60. The molecule has 6 nitrogen and oxygen atoms in total. The van der Waals surface area contributed by atoms with Crippen LogP contribution in [0.3, 0.4) is 0 Å². The van der Waals surface area contributed by atoms with E-state index in [-0.39, 0.29) is 42.8 Å². The Morgan fingerprint density at radius 3 is 2.74 bits per heavy atom. The summed E-state index contributed by atoms with van der Waals surface area (Å²) < 4.78 is 14.0. The van der Waals surface area contributed by atoms with E-state index in [9.17, 15) is 29.0 Å². The van der Waals surface area contributed by atoms with E-state index in [0.717, 1.165) is 36.8 Å². The van der Waals surface area contributed by atoms with Gasteiger partial charge in [-0.3, -0.25) is 14.4 Å². The van der Waals surface area contributed by atoms with E-state index in [1.54, 1.807) is 0 Å². The second kappa shape index (κ2) is 9.98. The second-order valence-electron chi connectivity index (χ2n) is 10.4. The third-order valence-corrected chi connectivity index (χ3v) is 7.71. The standard InChI is InChI=1S/C27H34FNO5/c1-17-9-18(12-21(28)10-17)11-19-7-5-3-2-4-6-8-20-14-27(20,26(33)34)15-24(31)23-13-22(30)16-29(23)25(19)32/h6,8-10,12,19-20,22-23,30H,2-5,7,11,13-16H2,1H3,(H,33,34)/b8-6-/t19-,20-,22-,23+,27-/m1/s1. The Hall–Kier alpha value is -2.54. The molecule has 2 heterocycles. The van der Waals surface area contributed by atoms with Crippen molar-refractivity contribution in [3.63, 3.8) is 0 Å². The molecule has 1 saturated heterocycles. The summed E-state index contributed by atoms with van der Waals surface area (Å²) in [7, 11) is 0. The maximum Gasteiger partial charge on any atom is 0.310 e. The number of rotatable bonds is 3. The maximum atomic E-state index is 14.0. The summed E-state index contributed by atoms with van der Waals surface area (Å²) in [5.74, 6) is -2.41. The largest absolute Gasteiger partial charge is 0.481 e. The number of benzene rings is 1. The predicted octanol–water partition coefficient (Wildman–Crippen LogP) is 3.83. The number of ketones is 1. The molecule has 2 aliphatic heterocycles. The number of aliphatic hydroxyl groups excluding tert-OH is 1. The Kier molecular flexibility index (Phi) is 7.22. The number of aliphatic carboxylic acids is 1. The number of nitrogens with zero attached hydrogens (tertiary/aromatic N) is 1. The Bertz CT molecular complexity index is 971. The maximum absolute atomic E-state index is 14.0.